The molecule has 0 bridgehead atoms. The largest absolute Gasteiger partial charge is 0.481 e. The highest BCUT2D eigenvalue weighted by Crippen LogP contribution is 2.37. The van der Waals surface area contributed by atoms with Crippen LogP contribution in [0.4, 0.5) is 0 Å². The summed E-state index contributed by atoms with van der Waals surface area (Å²) < 4.78 is 0. The number of benzene rings is 1. The minimum absolute atomic E-state index is 0.0521. The van der Waals surface area contributed by atoms with Crippen molar-refractivity contribution in [3.8, 4) is 0 Å². The molecule has 1 saturated carbocycles. The number of carboxylic acids is 1. The summed E-state index contributed by atoms with van der Waals surface area (Å²) in [7, 11) is 0. The summed E-state index contributed by atoms with van der Waals surface area (Å²) in [4.78, 5) is 22.3. The molecule has 3 heteroatoms. The average Bonchev–Trinajstić information content (AvgIpc) is 2.62. The van der Waals surface area contributed by atoms with Crippen molar-refractivity contribution in [2.24, 2.45) is 5.92 Å². The molecule has 1 aliphatic carbocycles. The van der Waals surface area contributed by atoms with E-state index in [4.69, 9.17) is 5.11 Å². The van der Waals surface area contributed by atoms with Gasteiger partial charge in [0.25, 0.3) is 0 Å². The van der Waals surface area contributed by atoms with E-state index >= 15 is 0 Å². The zero-order valence-electron chi connectivity index (χ0n) is 8.22. The maximum Gasteiger partial charge on any atom is 0.307 e. The molecule has 1 aromatic carbocycles. The monoisotopic (exact) mass is 204 g/mol. The highest BCUT2D eigenvalue weighted by atomic mass is 16.4. The van der Waals surface area contributed by atoms with Gasteiger partial charge >= 0.3 is 5.97 Å². The Hall–Kier alpha value is -1.64. The molecule has 78 valence electrons. The van der Waals surface area contributed by atoms with Gasteiger partial charge in [0.1, 0.15) is 5.78 Å². The van der Waals surface area contributed by atoms with E-state index in [9.17, 15) is 9.59 Å². The molecule has 1 aromatic rings. The number of hydrogen-bond donors (Lipinski definition) is 1. The van der Waals surface area contributed by atoms with E-state index < -0.39 is 11.9 Å². The molecule has 0 spiro atoms. The highest BCUT2D eigenvalue weighted by molar-refractivity contribution is 5.89. The number of rotatable bonds is 2. The third-order valence-corrected chi connectivity index (χ3v) is 2.93. The lowest BCUT2D eigenvalue weighted by Crippen LogP contribution is -2.16. The number of Topliss-reactive ketones (excluding diaryl/α,β-unsaturated/α-hetero) is 1. The van der Waals surface area contributed by atoms with Crippen LogP contribution in [-0.2, 0) is 9.59 Å². The number of carbonyl (C=O) groups is 2. The summed E-state index contributed by atoms with van der Waals surface area (Å²) >= 11 is 0. The third kappa shape index (κ3) is 1.91. The van der Waals surface area contributed by atoms with Crippen molar-refractivity contribution in [3.63, 3.8) is 0 Å². The van der Waals surface area contributed by atoms with Gasteiger partial charge in [-0.25, -0.2) is 0 Å². The Morgan fingerprint density at radius 3 is 2.47 bits per heavy atom. The van der Waals surface area contributed by atoms with Crippen LogP contribution in [-0.4, -0.2) is 16.9 Å². The molecule has 0 unspecified atom stereocenters. The van der Waals surface area contributed by atoms with Crippen LogP contribution in [0.3, 0.4) is 0 Å². The summed E-state index contributed by atoms with van der Waals surface area (Å²) in [6.07, 6.45) is 0.538. The SMILES string of the molecule is O=C1C[C@H](c2ccccc2)[C@H](C(=O)O)C1. The molecule has 0 aliphatic heterocycles. The Bertz CT molecular complexity index is 383. The smallest absolute Gasteiger partial charge is 0.307 e. The fourth-order valence-electron chi connectivity index (χ4n) is 2.17. The average molecular weight is 204 g/mol. The summed E-state index contributed by atoms with van der Waals surface area (Å²) in [5.41, 5.74) is 0.954. The maximum absolute atomic E-state index is 11.3. The zero-order chi connectivity index (χ0) is 10.8. The first-order chi connectivity index (χ1) is 7.18. The number of aliphatic carboxylic acids is 1. The van der Waals surface area contributed by atoms with E-state index in [-0.39, 0.29) is 18.1 Å². The summed E-state index contributed by atoms with van der Waals surface area (Å²) in [5.74, 6) is -1.50. The van der Waals surface area contributed by atoms with Crippen molar-refractivity contribution in [1.82, 2.24) is 0 Å². The van der Waals surface area contributed by atoms with Gasteiger partial charge in [-0.1, -0.05) is 30.3 Å². The number of carbonyl (C=O) groups excluding carboxylic acids is 1. The van der Waals surface area contributed by atoms with Crippen LogP contribution in [0.2, 0.25) is 0 Å². The van der Waals surface area contributed by atoms with Crippen molar-refractivity contribution < 1.29 is 14.7 Å². The summed E-state index contributed by atoms with van der Waals surface area (Å²) in [6.45, 7) is 0. The number of hydrogen-bond acceptors (Lipinski definition) is 2. The topological polar surface area (TPSA) is 54.4 Å². The first kappa shape index (κ1) is 9.90. The second kappa shape index (κ2) is 3.85. The van der Waals surface area contributed by atoms with Crippen LogP contribution in [0.15, 0.2) is 30.3 Å². The number of carboxylic acid groups (broad SMARTS) is 1. The van der Waals surface area contributed by atoms with Crippen molar-refractivity contribution in [3.05, 3.63) is 35.9 Å². The molecule has 2 rings (SSSR count). The van der Waals surface area contributed by atoms with Gasteiger partial charge < -0.3 is 5.11 Å². The molecular formula is C12H12O3. The lowest BCUT2D eigenvalue weighted by Gasteiger charge is -2.14. The maximum atomic E-state index is 11.3. The van der Waals surface area contributed by atoms with Gasteiger partial charge in [-0.3, -0.25) is 9.59 Å². The van der Waals surface area contributed by atoms with Gasteiger partial charge in [0, 0.05) is 18.8 Å². The van der Waals surface area contributed by atoms with Crippen LogP contribution in [0, 0.1) is 5.92 Å². The molecule has 1 aliphatic rings. The van der Waals surface area contributed by atoms with Gasteiger partial charge in [-0.2, -0.15) is 0 Å². The second-order valence-corrected chi connectivity index (χ2v) is 3.91. The van der Waals surface area contributed by atoms with Crippen molar-refractivity contribution in [2.75, 3.05) is 0 Å². The zero-order valence-corrected chi connectivity index (χ0v) is 8.22. The van der Waals surface area contributed by atoms with E-state index in [0.717, 1.165) is 5.56 Å². The molecule has 15 heavy (non-hydrogen) atoms. The van der Waals surface area contributed by atoms with Crippen molar-refractivity contribution in [2.45, 2.75) is 18.8 Å². The predicted molar refractivity (Wildman–Crippen MR) is 54.5 cm³/mol. The predicted octanol–water partition coefficient (Wildman–Crippen LogP) is 1.83. The van der Waals surface area contributed by atoms with Gasteiger partial charge in [-0.05, 0) is 5.56 Å². The molecule has 0 heterocycles. The van der Waals surface area contributed by atoms with E-state index in [0.29, 0.717) is 6.42 Å². The lowest BCUT2D eigenvalue weighted by molar-refractivity contribution is -0.142. The van der Waals surface area contributed by atoms with Gasteiger partial charge in [0.2, 0.25) is 0 Å². The lowest BCUT2D eigenvalue weighted by atomic mass is 9.89. The standard InChI is InChI=1S/C12H12O3/c13-9-6-10(11(7-9)12(14)15)8-4-2-1-3-5-8/h1-5,10-11H,6-7H2,(H,14,15)/t10-,11-/m1/s1. The first-order valence-electron chi connectivity index (χ1n) is 4.98. The summed E-state index contributed by atoms with van der Waals surface area (Å²) in [6, 6.07) is 9.41. The Morgan fingerprint density at radius 2 is 1.87 bits per heavy atom. The van der Waals surface area contributed by atoms with Crippen LogP contribution < -0.4 is 0 Å². The first-order valence-corrected chi connectivity index (χ1v) is 4.98. The van der Waals surface area contributed by atoms with E-state index in [1.54, 1.807) is 0 Å². The van der Waals surface area contributed by atoms with E-state index in [1.807, 2.05) is 30.3 Å². The van der Waals surface area contributed by atoms with Crippen molar-refractivity contribution >= 4 is 11.8 Å². The molecule has 0 radical (unpaired) electrons. The molecule has 1 fully saturated rings. The third-order valence-electron chi connectivity index (χ3n) is 2.93. The minimum atomic E-state index is -0.866. The fourth-order valence-corrected chi connectivity index (χ4v) is 2.17. The number of ketones is 1. The molecule has 0 saturated heterocycles. The van der Waals surface area contributed by atoms with Gasteiger partial charge in [0.05, 0.1) is 5.92 Å². The van der Waals surface area contributed by atoms with Crippen molar-refractivity contribution in [1.29, 1.82) is 0 Å². The van der Waals surface area contributed by atoms with Crippen LogP contribution in [0.5, 0.6) is 0 Å². The molecule has 0 aromatic heterocycles. The minimum Gasteiger partial charge on any atom is -0.481 e. The van der Waals surface area contributed by atoms with E-state index in [1.165, 1.54) is 0 Å². The Kier molecular flexibility index (Phi) is 2.54. The fraction of sp³-hybridized carbons (Fsp3) is 0.333. The normalized spacial score (nSPS) is 25.5. The Labute approximate surface area is 87.7 Å². The summed E-state index contributed by atoms with van der Waals surface area (Å²) in [5, 5.41) is 9.01. The van der Waals surface area contributed by atoms with Crippen LogP contribution >= 0.6 is 0 Å². The van der Waals surface area contributed by atoms with Crippen LogP contribution in [0.1, 0.15) is 24.3 Å². The molecule has 2 atom stereocenters. The van der Waals surface area contributed by atoms with Gasteiger partial charge in [0.15, 0.2) is 0 Å². The van der Waals surface area contributed by atoms with Gasteiger partial charge in [-0.15, -0.1) is 0 Å². The second-order valence-electron chi connectivity index (χ2n) is 3.91. The Balaban J connectivity index is 2.28. The molecule has 3 nitrogen and oxygen atoms in total. The highest BCUT2D eigenvalue weighted by Gasteiger charge is 2.38. The van der Waals surface area contributed by atoms with E-state index in [2.05, 4.69) is 0 Å². The quantitative estimate of drug-likeness (QED) is 0.799. The van der Waals surface area contributed by atoms with Crippen LogP contribution in [0.25, 0.3) is 0 Å². The molecule has 1 N–H and O–H groups in total. The Morgan fingerprint density at radius 1 is 1.20 bits per heavy atom. The molecule has 0 amide bonds. The molecular weight excluding hydrogens is 192 g/mol.